The van der Waals surface area contributed by atoms with Crippen LogP contribution in [0.2, 0.25) is 0 Å². The first-order chi connectivity index (χ1) is 4.47. The number of nitrogens with zero attached hydrogens (tertiary/aromatic N) is 1. The second-order valence-electron chi connectivity index (χ2n) is 1.98. The summed E-state index contributed by atoms with van der Waals surface area (Å²) in [5.41, 5.74) is 0.517. The van der Waals surface area contributed by atoms with Crippen molar-refractivity contribution in [2.45, 2.75) is 5.50 Å². The molecule has 0 aromatic heterocycles. The quantitative estimate of drug-likeness (QED) is 0.532. The van der Waals surface area contributed by atoms with Crippen LogP contribution < -0.4 is 4.72 Å². The normalized spacial score (nSPS) is 32.9. The van der Waals surface area contributed by atoms with E-state index < -0.39 is 0 Å². The molecule has 2 nitrogen and oxygen atoms in total. The van der Waals surface area contributed by atoms with Crippen LogP contribution >= 0.6 is 23.7 Å². The molecule has 2 rings (SSSR count). The van der Waals surface area contributed by atoms with E-state index in [4.69, 9.17) is 0 Å². The maximum Gasteiger partial charge on any atom is 0.140 e. The Kier molecular flexibility index (Phi) is 1.61. The molecular weight excluding hydrogens is 152 g/mol. The highest BCUT2D eigenvalue weighted by Crippen LogP contribution is 2.27. The molecule has 2 aliphatic rings. The van der Waals surface area contributed by atoms with Gasteiger partial charge >= 0.3 is 0 Å². The van der Waals surface area contributed by atoms with Gasteiger partial charge in [0.1, 0.15) is 5.50 Å². The van der Waals surface area contributed by atoms with Crippen molar-refractivity contribution in [2.75, 3.05) is 12.3 Å². The lowest BCUT2D eigenvalue weighted by molar-refractivity contribution is 0.364. The first-order valence-corrected chi connectivity index (χ1v) is 4.85. The predicted molar refractivity (Wildman–Crippen MR) is 42.8 cm³/mol. The van der Waals surface area contributed by atoms with Gasteiger partial charge in [0.2, 0.25) is 0 Å². The van der Waals surface area contributed by atoms with E-state index in [0.717, 1.165) is 0 Å². The first kappa shape index (κ1) is 5.95. The van der Waals surface area contributed by atoms with E-state index in [1.54, 1.807) is 0 Å². The fourth-order valence-electron chi connectivity index (χ4n) is 0.913. The predicted octanol–water partition coefficient (Wildman–Crippen LogP) is 1.04. The van der Waals surface area contributed by atoms with Crippen LogP contribution in [0.3, 0.4) is 0 Å². The lowest BCUT2D eigenvalue weighted by Crippen LogP contribution is -2.40. The molecule has 50 valence electrons. The molecular formula is C5H8N2S2. The summed E-state index contributed by atoms with van der Waals surface area (Å²) >= 11 is 3.66. The van der Waals surface area contributed by atoms with Gasteiger partial charge in [-0.3, -0.25) is 0 Å². The topological polar surface area (TPSA) is 15.3 Å². The first-order valence-electron chi connectivity index (χ1n) is 2.92. The molecule has 1 N–H and O–H groups in total. The molecule has 2 aliphatic heterocycles. The average Bonchev–Trinajstić information content (AvgIpc) is 2.33. The maximum atomic E-state index is 3.32. The molecule has 4 heteroatoms. The van der Waals surface area contributed by atoms with Crippen LogP contribution in [0.5, 0.6) is 0 Å². The molecule has 9 heavy (non-hydrogen) atoms. The van der Waals surface area contributed by atoms with Crippen LogP contribution in [0, 0.1) is 0 Å². The Balaban J connectivity index is 2.03. The van der Waals surface area contributed by atoms with E-state index in [1.807, 2.05) is 23.7 Å². The third kappa shape index (κ3) is 1.07. The summed E-state index contributed by atoms with van der Waals surface area (Å²) in [5.74, 6) is 1.20. The van der Waals surface area contributed by atoms with Gasteiger partial charge in [0.25, 0.3) is 0 Å². The minimum atomic E-state index is 0.517. The van der Waals surface area contributed by atoms with Gasteiger partial charge in [-0.25, -0.2) is 4.72 Å². The molecule has 1 unspecified atom stereocenters. The molecule has 0 bridgehead atoms. The highest BCUT2D eigenvalue weighted by molar-refractivity contribution is 8.04. The summed E-state index contributed by atoms with van der Waals surface area (Å²) in [4.78, 5) is 2.32. The molecule has 0 saturated carbocycles. The van der Waals surface area contributed by atoms with Gasteiger partial charge in [-0.05, 0) is 5.41 Å². The zero-order valence-electron chi connectivity index (χ0n) is 4.91. The van der Waals surface area contributed by atoms with Crippen LogP contribution in [0.4, 0.5) is 0 Å². The fourth-order valence-corrected chi connectivity index (χ4v) is 2.74. The van der Waals surface area contributed by atoms with Crippen LogP contribution in [0.25, 0.3) is 0 Å². The molecule has 1 atom stereocenters. The Bertz CT molecular complexity index is 137. The number of hydrogen-bond donors (Lipinski definition) is 1. The minimum Gasteiger partial charge on any atom is -0.351 e. The zero-order chi connectivity index (χ0) is 6.10. The van der Waals surface area contributed by atoms with Gasteiger partial charge in [-0.2, -0.15) is 0 Å². The van der Waals surface area contributed by atoms with Crippen molar-refractivity contribution in [2.24, 2.45) is 0 Å². The van der Waals surface area contributed by atoms with Crippen LogP contribution in [-0.2, 0) is 0 Å². The van der Waals surface area contributed by atoms with Crippen LogP contribution in [0.15, 0.2) is 11.6 Å². The Morgan fingerprint density at radius 3 is 3.56 bits per heavy atom. The Hall–Kier alpha value is 0.200. The summed E-state index contributed by atoms with van der Waals surface area (Å²) in [5, 5.41) is 2.14. The third-order valence-electron chi connectivity index (χ3n) is 1.40. The number of rotatable bonds is 0. The van der Waals surface area contributed by atoms with Gasteiger partial charge in [0.05, 0.1) is 0 Å². The van der Waals surface area contributed by atoms with Gasteiger partial charge in [0.15, 0.2) is 0 Å². The molecule has 1 saturated heterocycles. The van der Waals surface area contributed by atoms with Crippen molar-refractivity contribution >= 4 is 23.7 Å². The number of fused-ring (bicyclic) bond motifs is 1. The Labute approximate surface area is 63.2 Å². The van der Waals surface area contributed by atoms with E-state index in [-0.39, 0.29) is 0 Å². The van der Waals surface area contributed by atoms with E-state index in [0.29, 0.717) is 5.50 Å². The highest BCUT2D eigenvalue weighted by Gasteiger charge is 2.22. The third-order valence-corrected chi connectivity index (χ3v) is 3.25. The Morgan fingerprint density at radius 1 is 1.67 bits per heavy atom. The summed E-state index contributed by atoms with van der Waals surface area (Å²) in [7, 11) is 0. The maximum absolute atomic E-state index is 3.32. The molecule has 0 aliphatic carbocycles. The van der Waals surface area contributed by atoms with Gasteiger partial charge < -0.3 is 4.90 Å². The summed E-state index contributed by atoms with van der Waals surface area (Å²) in [6.45, 7) is 1.19. The largest absolute Gasteiger partial charge is 0.351 e. The van der Waals surface area contributed by atoms with Crippen molar-refractivity contribution in [1.29, 1.82) is 0 Å². The number of hydrogen-bond acceptors (Lipinski definition) is 4. The molecule has 0 spiro atoms. The minimum absolute atomic E-state index is 0.517. The smallest absolute Gasteiger partial charge is 0.140 e. The van der Waals surface area contributed by atoms with E-state index >= 15 is 0 Å². The lowest BCUT2D eigenvalue weighted by atomic mass is 10.6. The average molecular weight is 160 g/mol. The Morgan fingerprint density at radius 2 is 2.67 bits per heavy atom. The molecule has 2 heterocycles. The van der Waals surface area contributed by atoms with Crippen LogP contribution in [0.1, 0.15) is 0 Å². The van der Waals surface area contributed by atoms with E-state index in [1.165, 1.54) is 12.3 Å². The lowest BCUT2D eigenvalue weighted by Gasteiger charge is -2.29. The van der Waals surface area contributed by atoms with Crippen molar-refractivity contribution < 1.29 is 0 Å². The van der Waals surface area contributed by atoms with Crippen LogP contribution in [-0.4, -0.2) is 22.7 Å². The van der Waals surface area contributed by atoms with Crippen molar-refractivity contribution in [1.82, 2.24) is 9.62 Å². The standard InChI is InChI=1S/C5H8N2S2/c1-3-8-5-6-9-4-2-7(1)5/h1,3,5-6H,2,4H2. The van der Waals surface area contributed by atoms with Gasteiger partial charge in [0, 0.05) is 18.5 Å². The second kappa shape index (κ2) is 2.44. The SMILES string of the molecule is C1=CN2CCSNC2S1. The molecule has 0 aromatic carbocycles. The monoisotopic (exact) mass is 160 g/mol. The van der Waals surface area contributed by atoms with E-state index in [9.17, 15) is 0 Å². The summed E-state index contributed by atoms with van der Waals surface area (Å²) in [6.07, 6.45) is 2.15. The van der Waals surface area contributed by atoms with Gasteiger partial charge in [-0.1, -0.05) is 23.7 Å². The van der Waals surface area contributed by atoms with Crippen molar-refractivity contribution in [3.63, 3.8) is 0 Å². The van der Waals surface area contributed by atoms with Crippen molar-refractivity contribution in [3.05, 3.63) is 11.6 Å². The molecule has 1 fully saturated rings. The fraction of sp³-hybridized carbons (Fsp3) is 0.600. The second-order valence-corrected chi connectivity index (χ2v) is 3.90. The highest BCUT2D eigenvalue weighted by atomic mass is 32.2. The van der Waals surface area contributed by atoms with Crippen molar-refractivity contribution in [3.8, 4) is 0 Å². The molecule has 0 radical (unpaired) electrons. The zero-order valence-corrected chi connectivity index (χ0v) is 6.54. The number of thioether (sulfide) groups is 1. The molecule has 0 aromatic rings. The molecule has 0 amide bonds. The summed E-state index contributed by atoms with van der Waals surface area (Å²) in [6, 6.07) is 0. The van der Waals surface area contributed by atoms with E-state index in [2.05, 4.69) is 21.2 Å². The van der Waals surface area contributed by atoms with Gasteiger partial charge in [-0.15, -0.1) is 0 Å². The summed E-state index contributed by atoms with van der Waals surface area (Å²) < 4.78 is 3.32. The number of nitrogens with one attached hydrogen (secondary N) is 1.